The number of carbonyl (C=O) groups excluding carboxylic acids is 1. The van der Waals surface area contributed by atoms with E-state index in [1.54, 1.807) is 6.07 Å². The molecule has 90 valence electrons. The predicted molar refractivity (Wildman–Crippen MR) is 69.0 cm³/mol. The Morgan fingerprint density at radius 2 is 2.25 bits per heavy atom. The van der Waals surface area contributed by atoms with Crippen molar-refractivity contribution < 1.29 is 9.53 Å². The lowest BCUT2D eigenvalue weighted by molar-refractivity contribution is 0.0491. The first-order valence-electron chi connectivity index (χ1n) is 5.14. The van der Waals surface area contributed by atoms with Crippen molar-refractivity contribution in [3.05, 3.63) is 20.3 Å². The third-order valence-corrected chi connectivity index (χ3v) is 3.64. The van der Waals surface area contributed by atoms with Crippen molar-refractivity contribution in [2.75, 3.05) is 6.61 Å². The van der Waals surface area contributed by atoms with Gasteiger partial charge in [0.25, 0.3) is 0 Å². The van der Waals surface area contributed by atoms with Crippen molar-refractivity contribution in [2.45, 2.75) is 32.8 Å². The maximum Gasteiger partial charge on any atom is 0.190 e. The van der Waals surface area contributed by atoms with Gasteiger partial charge in [-0.2, -0.15) is 0 Å². The van der Waals surface area contributed by atoms with E-state index in [-0.39, 0.29) is 18.5 Å². The van der Waals surface area contributed by atoms with Crippen LogP contribution in [0.3, 0.4) is 0 Å². The summed E-state index contributed by atoms with van der Waals surface area (Å²) in [7, 11) is 0. The summed E-state index contributed by atoms with van der Waals surface area (Å²) in [6.07, 6.45) is 2.09. The molecular weight excluding hydrogens is 267 g/mol. The molecule has 0 aliphatic heterocycles. The van der Waals surface area contributed by atoms with Crippen LogP contribution in [0.15, 0.2) is 6.07 Å². The number of ether oxygens (including phenoxy) is 1. The van der Waals surface area contributed by atoms with E-state index >= 15 is 0 Å². The van der Waals surface area contributed by atoms with Crippen LogP contribution in [0.5, 0.6) is 0 Å². The minimum atomic E-state index is -0.115. The summed E-state index contributed by atoms with van der Waals surface area (Å²) in [6, 6.07) is 1.59. The minimum absolute atomic E-state index is 0.0634. The third kappa shape index (κ3) is 4.06. The lowest BCUT2D eigenvalue weighted by atomic mass is 10.2. The van der Waals surface area contributed by atoms with Crippen LogP contribution in [-0.4, -0.2) is 18.5 Å². The van der Waals surface area contributed by atoms with Crippen LogP contribution < -0.4 is 0 Å². The second-order valence-corrected chi connectivity index (χ2v) is 5.86. The van der Waals surface area contributed by atoms with Gasteiger partial charge in [-0.3, -0.25) is 4.79 Å². The topological polar surface area (TPSA) is 26.3 Å². The molecule has 0 aliphatic rings. The second kappa shape index (κ2) is 6.60. The molecule has 0 bridgehead atoms. The fourth-order valence-corrected chi connectivity index (χ4v) is 2.81. The summed E-state index contributed by atoms with van der Waals surface area (Å²) < 4.78 is 6.37. The van der Waals surface area contributed by atoms with Crippen molar-refractivity contribution >= 4 is 40.3 Å². The monoisotopic (exact) mass is 280 g/mol. The lowest BCUT2D eigenvalue weighted by Crippen LogP contribution is -2.15. The fraction of sp³-hybridized carbons (Fsp3) is 0.545. The second-order valence-electron chi connectivity index (χ2n) is 3.57. The predicted octanol–water partition coefficient (Wildman–Crippen LogP) is 4.44. The standard InChI is InChI=1S/C11H14Cl2O2S/c1-3-4-7(2)15-6-9(14)8-5-10(12)16-11(8)13/h5,7H,3-4,6H2,1-2H3. The summed E-state index contributed by atoms with van der Waals surface area (Å²) >= 11 is 12.8. The van der Waals surface area contributed by atoms with Gasteiger partial charge in [0.2, 0.25) is 0 Å². The molecule has 16 heavy (non-hydrogen) atoms. The molecule has 0 aromatic carbocycles. The average Bonchev–Trinajstić information content (AvgIpc) is 2.55. The molecule has 0 aliphatic carbocycles. The smallest absolute Gasteiger partial charge is 0.190 e. The Labute approximate surface area is 110 Å². The van der Waals surface area contributed by atoms with Gasteiger partial charge >= 0.3 is 0 Å². The average molecular weight is 281 g/mol. The Bertz CT molecular complexity index is 363. The van der Waals surface area contributed by atoms with E-state index in [1.807, 2.05) is 6.92 Å². The van der Waals surface area contributed by atoms with Crippen LogP contribution in [0, 0.1) is 0 Å². The van der Waals surface area contributed by atoms with Crippen molar-refractivity contribution in [1.82, 2.24) is 0 Å². The van der Waals surface area contributed by atoms with E-state index in [0.717, 1.165) is 12.8 Å². The Kier molecular flexibility index (Phi) is 5.76. The number of thiophene rings is 1. The highest BCUT2D eigenvalue weighted by Crippen LogP contribution is 2.31. The van der Waals surface area contributed by atoms with E-state index in [4.69, 9.17) is 27.9 Å². The van der Waals surface area contributed by atoms with Crippen LogP contribution in [0.2, 0.25) is 8.67 Å². The molecule has 1 heterocycles. The van der Waals surface area contributed by atoms with E-state index in [9.17, 15) is 4.79 Å². The molecule has 1 rings (SSSR count). The summed E-state index contributed by atoms with van der Waals surface area (Å²) in [5.74, 6) is -0.115. The Balaban J connectivity index is 2.50. The zero-order chi connectivity index (χ0) is 12.1. The molecule has 0 radical (unpaired) electrons. The van der Waals surface area contributed by atoms with Crippen LogP contribution in [0.4, 0.5) is 0 Å². The number of hydrogen-bond acceptors (Lipinski definition) is 3. The Morgan fingerprint density at radius 3 is 2.75 bits per heavy atom. The van der Waals surface area contributed by atoms with Crippen molar-refractivity contribution in [3.8, 4) is 0 Å². The molecule has 0 fully saturated rings. The third-order valence-electron chi connectivity index (χ3n) is 2.15. The number of hydrogen-bond donors (Lipinski definition) is 0. The summed E-state index contributed by atoms with van der Waals surface area (Å²) in [6.45, 7) is 4.10. The van der Waals surface area contributed by atoms with Crippen LogP contribution >= 0.6 is 34.5 Å². The van der Waals surface area contributed by atoms with Crippen LogP contribution in [0.1, 0.15) is 37.0 Å². The Morgan fingerprint density at radius 1 is 1.56 bits per heavy atom. The van der Waals surface area contributed by atoms with Gasteiger partial charge in [0.15, 0.2) is 5.78 Å². The van der Waals surface area contributed by atoms with Gasteiger partial charge in [-0.05, 0) is 19.4 Å². The highest BCUT2D eigenvalue weighted by Gasteiger charge is 2.15. The molecule has 1 aromatic rings. The largest absolute Gasteiger partial charge is 0.370 e. The van der Waals surface area contributed by atoms with E-state index in [0.29, 0.717) is 14.2 Å². The highest BCUT2D eigenvalue weighted by atomic mass is 35.5. The Hall–Kier alpha value is -0.0900. The molecule has 0 saturated carbocycles. The molecule has 5 heteroatoms. The molecule has 2 nitrogen and oxygen atoms in total. The fourth-order valence-electron chi connectivity index (χ4n) is 1.32. The number of carbonyl (C=O) groups is 1. The minimum Gasteiger partial charge on any atom is -0.370 e. The molecule has 1 aromatic heterocycles. The zero-order valence-electron chi connectivity index (χ0n) is 9.26. The number of halogens is 2. The molecule has 0 N–H and O–H groups in total. The van der Waals surface area contributed by atoms with Gasteiger partial charge < -0.3 is 4.74 Å². The summed E-state index contributed by atoms with van der Waals surface area (Å²) in [5, 5.41) is 0. The zero-order valence-corrected chi connectivity index (χ0v) is 11.6. The van der Waals surface area contributed by atoms with E-state index in [1.165, 1.54) is 11.3 Å². The highest BCUT2D eigenvalue weighted by molar-refractivity contribution is 7.20. The normalized spacial score (nSPS) is 12.8. The van der Waals surface area contributed by atoms with Gasteiger partial charge in [0.1, 0.15) is 10.9 Å². The van der Waals surface area contributed by atoms with Crippen molar-refractivity contribution in [1.29, 1.82) is 0 Å². The maximum absolute atomic E-state index is 11.7. The number of Topliss-reactive ketones (excluding diaryl/α,β-unsaturated/α-hetero) is 1. The van der Waals surface area contributed by atoms with Crippen LogP contribution in [0.25, 0.3) is 0 Å². The van der Waals surface area contributed by atoms with Gasteiger partial charge in [-0.1, -0.05) is 36.5 Å². The maximum atomic E-state index is 11.7. The SMILES string of the molecule is CCCC(C)OCC(=O)c1cc(Cl)sc1Cl. The van der Waals surface area contributed by atoms with Gasteiger partial charge in [-0.15, -0.1) is 11.3 Å². The van der Waals surface area contributed by atoms with Gasteiger partial charge in [0.05, 0.1) is 16.0 Å². The number of rotatable bonds is 6. The summed E-state index contributed by atoms with van der Waals surface area (Å²) in [5.41, 5.74) is 0.459. The molecule has 0 amide bonds. The molecule has 0 spiro atoms. The van der Waals surface area contributed by atoms with Gasteiger partial charge in [0, 0.05) is 0 Å². The van der Waals surface area contributed by atoms with Crippen molar-refractivity contribution in [3.63, 3.8) is 0 Å². The molecule has 0 saturated heterocycles. The first-order valence-corrected chi connectivity index (χ1v) is 6.71. The van der Waals surface area contributed by atoms with Crippen LogP contribution in [-0.2, 0) is 4.74 Å². The molecule has 1 unspecified atom stereocenters. The van der Waals surface area contributed by atoms with Gasteiger partial charge in [-0.25, -0.2) is 0 Å². The first-order chi connectivity index (χ1) is 7.54. The summed E-state index contributed by atoms with van der Waals surface area (Å²) in [4.78, 5) is 11.7. The van der Waals surface area contributed by atoms with E-state index < -0.39 is 0 Å². The molecular formula is C11H14Cl2O2S. The molecule has 1 atom stereocenters. The number of ketones is 1. The first kappa shape index (κ1) is 14.0. The quantitative estimate of drug-likeness (QED) is 0.720. The van der Waals surface area contributed by atoms with E-state index in [2.05, 4.69) is 6.92 Å². The van der Waals surface area contributed by atoms with Crippen molar-refractivity contribution in [2.24, 2.45) is 0 Å². The lowest BCUT2D eigenvalue weighted by Gasteiger charge is -2.10.